The second-order valence-electron chi connectivity index (χ2n) is 2.50. The van der Waals surface area contributed by atoms with Crippen LogP contribution in [0.1, 0.15) is 6.42 Å². The maximum Gasteiger partial charge on any atom is 0.273 e. The lowest BCUT2D eigenvalue weighted by Crippen LogP contribution is -2.33. The molecule has 1 saturated heterocycles. The first-order chi connectivity index (χ1) is 5.20. The topological polar surface area (TPSA) is 58.6 Å². The Morgan fingerprint density at radius 2 is 2.36 bits per heavy atom. The van der Waals surface area contributed by atoms with Crippen LogP contribution in [0.5, 0.6) is 0 Å². The highest BCUT2D eigenvalue weighted by atomic mass is 32.2. The van der Waals surface area contributed by atoms with Gasteiger partial charge in [-0.05, 0) is 13.0 Å². The van der Waals surface area contributed by atoms with Gasteiger partial charge in [0.15, 0.2) is 0 Å². The van der Waals surface area contributed by atoms with E-state index in [9.17, 15) is 8.42 Å². The molecule has 1 atom stereocenters. The van der Waals surface area contributed by atoms with Crippen LogP contribution >= 0.6 is 0 Å². The summed E-state index contributed by atoms with van der Waals surface area (Å²) in [6.45, 7) is 1.72. The van der Waals surface area contributed by atoms with Crippen molar-refractivity contribution in [3.05, 3.63) is 0 Å². The largest absolute Gasteiger partial charge is 0.315 e. The molecule has 1 unspecified atom stereocenters. The predicted molar refractivity (Wildman–Crippen MR) is 40.4 cm³/mol. The monoisotopic (exact) mass is 180 g/mol. The molecule has 1 N–H and O–H groups in total. The summed E-state index contributed by atoms with van der Waals surface area (Å²) in [4.78, 5) is 0. The van der Waals surface area contributed by atoms with E-state index in [1.807, 2.05) is 0 Å². The summed E-state index contributed by atoms with van der Waals surface area (Å²) in [5.74, 6) is 0. The zero-order chi connectivity index (χ0) is 8.27. The van der Waals surface area contributed by atoms with E-state index in [1.54, 1.807) is 7.05 Å². The first-order valence-corrected chi connectivity index (χ1v) is 4.55. The highest BCUT2D eigenvalue weighted by Gasteiger charge is 2.20. The van der Waals surface area contributed by atoms with Gasteiger partial charge < -0.3 is 5.32 Å². The fraction of sp³-hybridized carbons (Fsp3) is 1.00. The van der Waals surface area contributed by atoms with Crippen molar-refractivity contribution in [2.45, 2.75) is 12.5 Å². The van der Waals surface area contributed by atoms with Gasteiger partial charge in [-0.1, -0.05) is 0 Å². The summed E-state index contributed by atoms with van der Waals surface area (Å²) in [5, 5.41) is 4.49. The fourth-order valence-electron chi connectivity index (χ4n) is 1.12. The van der Waals surface area contributed by atoms with E-state index in [-0.39, 0.29) is 6.04 Å². The SMILES string of the molecule is CN(O[SH](=O)=O)C1CCNC1. The molecule has 0 radical (unpaired) electrons. The van der Waals surface area contributed by atoms with Gasteiger partial charge in [0.05, 0.1) is 0 Å². The Bertz CT molecular complexity index is 180. The normalized spacial score (nSPS) is 25.2. The van der Waals surface area contributed by atoms with Crippen LogP contribution in [0.4, 0.5) is 0 Å². The average molecular weight is 180 g/mol. The highest BCUT2D eigenvalue weighted by Crippen LogP contribution is 2.05. The van der Waals surface area contributed by atoms with Gasteiger partial charge in [0.2, 0.25) is 0 Å². The number of nitrogens with one attached hydrogen (secondary N) is 1. The summed E-state index contributed by atoms with van der Waals surface area (Å²) in [6, 6.07) is 0.183. The lowest BCUT2D eigenvalue weighted by Gasteiger charge is -2.18. The van der Waals surface area contributed by atoms with Gasteiger partial charge in [0.1, 0.15) is 0 Å². The summed E-state index contributed by atoms with van der Waals surface area (Å²) in [7, 11) is -1.13. The molecule has 0 amide bonds. The Kier molecular flexibility index (Phi) is 3.25. The third-order valence-electron chi connectivity index (χ3n) is 1.74. The molecule has 0 aromatic carbocycles. The first-order valence-electron chi connectivity index (χ1n) is 3.46. The predicted octanol–water partition coefficient (Wildman–Crippen LogP) is -1.26. The molecule has 11 heavy (non-hydrogen) atoms. The van der Waals surface area contributed by atoms with Gasteiger partial charge in [-0.3, -0.25) is 0 Å². The first kappa shape index (κ1) is 8.92. The van der Waals surface area contributed by atoms with Crippen molar-refractivity contribution in [3.63, 3.8) is 0 Å². The van der Waals surface area contributed by atoms with E-state index >= 15 is 0 Å². The Hall–Kier alpha value is -0.170. The number of hydroxylamine groups is 2. The molecule has 0 bridgehead atoms. The van der Waals surface area contributed by atoms with Gasteiger partial charge in [-0.25, -0.2) is 8.42 Å². The Labute approximate surface area is 67.4 Å². The molecule has 1 rings (SSSR count). The number of nitrogens with zero attached hydrogens (tertiary/aromatic N) is 1. The Morgan fingerprint density at radius 3 is 2.82 bits per heavy atom. The van der Waals surface area contributed by atoms with E-state index in [2.05, 4.69) is 9.60 Å². The summed E-state index contributed by atoms with van der Waals surface area (Å²) in [5.41, 5.74) is 0. The second-order valence-corrected chi connectivity index (χ2v) is 3.11. The standard InChI is InChI=1S/C5H12N2O3S/c1-7(10-11(8)9)5-2-3-6-4-5/h5-6,11H,2-4H2,1H3. The van der Waals surface area contributed by atoms with Crippen LogP contribution < -0.4 is 5.32 Å². The van der Waals surface area contributed by atoms with Crippen LogP contribution in [0.2, 0.25) is 0 Å². The maximum absolute atomic E-state index is 10.1. The molecule has 5 nitrogen and oxygen atoms in total. The highest BCUT2D eigenvalue weighted by molar-refractivity contribution is 7.67. The van der Waals surface area contributed by atoms with E-state index < -0.39 is 11.0 Å². The van der Waals surface area contributed by atoms with Crippen LogP contribution in [-0.2, 0) is 15.3 Å². The van der Waals surface area contributed by atoms with Gasteiger partial charge in [0.25, 0.3) is 11.0 Å². The average Bonchev–Trinajstić information content (AvgIpc) is 2.35. The number of likely N-dealkylation sites (N-methyl/N-ethyl adjacent to an activating group) is 1. The minimum Gasteiger partial charge on any atom is -0.315 e. The molecule has 0 spiro atoms. The lowest BCUT2D eigenvalue weighted by atomic mass is 10.3. The van der Waals surface area contributed by atoms with Crippen LogP contribution in [0, 0.1) is 0 Å². The minimum absolute atomic E-state index is 0.183. The van der Waals surface area contributed by atoms with E-state index in [0.717, 1.165) is 19.5 Å². The van der Waals surface area contributed by atoms with Crippen molar-refractivity contribution in [3.8, 4) is 0 Å². The van der Waals surface area contributed by atoms with Crippen LogP contribution in [0.25, 0.3) is 0 Å². The zero-order valence-corrected chi connectivity index (χ0v) is 7.21. The summed E-state index contributed by atoms with van der Waals surface area (Å²) < 4.78 is 24.7. The van der Waals surface area contributed by atoms with Gasteiger partial charge in [0, 0.05) is 19.6 Å². The van der Waals surface area contributed by atoms with Crippen molar-refractivity contribution in [1.82, 2.24) is 10.4 Å². The third-order valence-corrected chi connectivity index (χ3v) is 2.13. The lowest BCUT2D eigenvalue weighted by molar-refractivity contribution is -0.0526. The Balaban J connectivity index is 2.33. The molecule has 1 aliphatic rings. The summed E-state index contributed by atoms with van der Waals surface area (Å²) in [6.07, 6.45) is 0.930. The van der Waals surface area contributed by atoms with Crippen LogP contribution in [0.3, 0.4) is 0 Å². The minimum atomic E-state index is -2.76. The van der Waals surface area contributed by atoms with E-state index in [1.165, 1.54) is 5.06 Å². The van der Waals surface area contributed by atoms with Crippen LogP contribution in [0.15, 0.2) is 0 Å². The second kappa shape index (κ2) is 4.01. The third kappa shape index (κ3) is 2.74. The smallest absolute Gasteiger partial charge is 0.273 e. The molecule has 0 aliphatic carbocycles. The van der Waals surface area contributed by atoms with Crippen molar-refractivity contribution in [2.24, 2.45) is 0 Å². The summed E-state index contributed by atoms with van der Waals surface area (Å²) >= 11 is 0. The quantitative estimate of drug-likeness (QED) is 0.419. The Morgan fingerprint density at radius 1 is 1.64 bits per heavy atom. The van der Waals surface area contributed by atoms with Crippen molar-refractivity contribution in [1.29, 1.82) is 0 Å². The number of thiol groups is 1. The molecule has 0 aromatic rings. The number of hydrogen-bond donors (Lipinski definition) is 2. The fourth-order valence-corrected chi connectivity index (χ4v) is 1.47. The number of hydrogen-bond acceptors (Lipinski definition) is 5. The van der Waals surface area contributed by atoms with Gasteiger partial charge >= 0.3 is 0 Å². The van der Waals surface area contributed by atoms with Crippen LogP contribution in [-0.4, -0.2) is 39.7 Å². The van der Waals surface area contributed by atoms with Crippen molar-refractivity contribution < 1.29 is 12.7 Å². The van der Waals surface area contributed by atoms with E-state index in [0.29, 0.717) is 0 Å². The molecule has 0 aromatic heterocycles. The molecule has 1 fully saturated rings. The molecule has 1 aliphatic heterocycles. The molecular formula is C5H12N2O3S. The van der Waals surface area contributed by atoms with Gasteiger partial charge in [-0.2, -0.15) is 9.35 Å². The van der Waals surface area contributed by atoms with Gasteiger partial charge in [-0.15, -0.1) is 0 Å². The molecule has 0 saturated carbocycles. The number of rotatable bonds is 3. The maximum atomic E-state index is 10.1. The van der Waals surface area contributed by atoms with E-state index in [4.69, 9.17) is 0 Å². The van der Waals surface area contributed by atoms with Crippen molar-refractivity contribution >= 4 is 11.0 Å². The molecule has 1 heterocycles. The molecular weight excluding hydrogens is 168 g/mol. The van der Waals surface area contributed by atoms with Crippen molar-refractivity contribution in [2.75, 3.05) is 20.1 Å². The zero-order valence-electron chi connectivity index (χ0n) is 6.32. The molecule has 6 heteroatoms. The molecule has 66 valence electrons.